The van der Waals surface area contributed by atoms with Gasteiger partial charge in [0.2, 0.25) is 10.0 Å². The molecular weight excluding hydrogens is 608 g/mol. The van der Waals surface area contributed by atoms with E-state index in [0.717, 1.165) is 12.8 Å². The lowest BCUT2D eigenvalue weighted by molar-refractivity contribution is -0.00834. The molecule has 2 heterocycles. The number of sulfonamides is 1. The van der Waals surface area contributed by atoms with E-state index in [-0.39, 0.29) is 48.1 Å². The molecule has 12 heteroatoms. The van der Waals surface area contributed by atoms with E-state index in [1.165, 1.54) is 23.7 Å². The number of fused-ring (bicyclic) bond motifs is 1. The summed E-state index contributed by atoms with van der Waals surface area (Å²) in [6.45, 7) is 5.96. The minimum absolute atomic E-state index is 0.0786. The van der Waals surface area contributed by atoms with Gasteiger partial charge in [-0.05, 0) is 75.6 Å². The highest BCUT2D eigenvalue weighted by atomic mass is 32.2. The number of aromatic nitrogens is 1. The first-order valence-electron chi connectivity index (χ1n) is 15.6. The van der Waals surface area contributed by atoms with Gasteiger partial charge in [-0.15, -0.1) is 0 Å². The maximum Gasteiger partial charge on any atom is 0.258 e. The number of pyridine rings is 1. The van der Waals surface area contributed by atoms with Crippen LogP contribution in [-0.4, -0.2) is 91.1 Å². The lowest BCUT2D eigenvalue weighted by Crippen LogP contribution is -2.48. The van der Waals surface area contributed by atoms with E-state index in [9.17, 15) is 23.1 Å². The van der Waals surface area contributed by atoms with Gasteiger partial charge in [0.05, 0.1) is 35.3 Å². The number of hydrogen-bond acceptors (Lipinski definition) is 8. The Labute approximate surface area is 271 Å². The van der Waals surface area contributed by atoms with E-state index in [1.807, 2.05) is 13.8 Å². The van der Waals surface area contributed by atoms with Crippen molar-refractivity contribution in [2.75, 3.05) is 38.7 Å². The topological polar surface area (TPSA) is 138 Å². The van der Waals surface area contributed by atoms with Crippen LogP contribution in [0.2, 0.25) is 0 Å². The summed E-state index contributed by atoms with van der Waals surface area (Å²) in [6, 6.07) is 15.8. The fourth-order valence-electron chi connectivity index (χ4n) is 5.29. The molecule has 1 aliphatic heterocycles. The molecule has 0 radical (unpaired) electrons. The summed E-state index contributed by atoms with van der Waals surface area (Å²) in [5, 5.41) is 13.0. The molecule has 3 aromatic rings. The number of aliphatic hydroxyl groups is 1. The number of anilines is 1. The first-order chi connectivity index (χ1) is 22.0. The first-order valence-corrected chi connectivity index (χ1v) is 17.0. The van der Waals surface area contributed by atoms with Gasteiger partial charge in [0, 0.05) is 56.3 Å². The third-order valence-corrected chi connectivity index (χ3v) is 9.98. The van der Waals surface area contributed by atoms with E-state index in [1.54, 1.807) is 72.5 Å². The number of carbonyl (C=O) groups excluding carboxylic acids is 2. The molecule has 2 N–H and O–H groups in total. The van der Waals surface area contributed by atoms with Crippen molar-refractivity contribution in [3.8, 4) is 5.75 Å². The molecule has 1 aliphatic rings. The van der Waals surface area contributed by atoms with Crippen molar-refractivity contribution in [3.05, 3.63) is 84.2 Å². The SMILES string of the molecule is C[C@H](CO)N1C[C@H](C)[C@H](CN(C)S(=O)(=O)c2ccccc2)OCCCC[C@H](C)Oc2ccc(NC(=O)c3ccncc3)cc2C1=O. The van der Waals surface area contributed by atoms with Gasteiger partial charge in [-0.3, -0.25) is 14.6 Å². The number of nitrogens with one attached hydrogen (secondary N) is 1. The van der Waals surface area contributed by atoms with E-state index >= 15 is 0 Å². The van der Waals surface area contributed by atoms with Crippen LogP contribution in [0.25, 0.3) is 0 Å². The van der Waals surface area contributed by atoms with Crippen LogP contribution in [0.15, 0.2) is 78.0 Å². The smallest absolute Gasteiger partial charge is 0.258 e. The van der Waals surface area contributed by atoms with Crippen molar-refractivity contribution >= 4 is 27.5 Å². The zero-order valence-corrected chi connectivity index (χ0v) is 27.7. The van der Waals surface area contributed by atoms with Crippen LogP contribution >= 0.6 is 0 Å². The second-order valence-corrected chi connectivity index (χ2v) is 13.8. The Morgan fingerprint density at radius 1 is 1.11 bits per heavy atom. The summed E-state index contributed by atoms with van der Waals surface area (Å²) >= 11 is 0. The van der Waals surface area contributed by atoms with Gasteiger partial charge in [0.25, 0.3) is 11.8 Å². The van der Waals surface area contributed by atoms with Crippen LogP contribution in [0.3, 0.4) is 0 Å². The Morgan fingerprint density at radius 2 is 1.83 bits per heavy atom. The van der Waals surface area contributed by atoms with E-state index in [4.69, 9.17) is 9.47 Å². The molecular formula is C34H44N4O7S. The molecule has 46 heavy (non-hydrogen) atoms. The van der Waals surface area contributed by atoms with Crippen molar-refractivity contribution in [2.45, 2.75) is 63.2 Å². The van der Waals surface area contributed by atoms with Crippen LogP contribution in [0.5, 0.6) is 5.75 Å². The van der Waals surface area contributed by atoms with E-state index in [2.05, 4.69) is 10.3 Å². The van der Waals surface area contributed by atoms with E-state index < -0.39 is 28.1 Å². The molecule has 11 nitrogen and oxygen atoms in total. The lowest BCUT2D eigenvalue weighted by Gasteiger charge is -2.35. The number of hydrogen-bond donors (Lipinski definition) is 2. The molecule has 0 saturated carbocycles. The summed E-state index contributed by atoms with van der Waals surface area (Å²) in [5.41, 5.74) is 1.07. The number of nitrogens with zero attached hydrogens (tertiary/aromatic N) is 3. The van der Waals surface area contributed by atoms with Gasteiger partial charge in [-0.1, -0.05) is 25.1 Å². The zero-order chi connectivity index (χ0) is 33.3. The molecule has 0 saturated heterocycles. The van der Waals surface area contributed by atoms with Crippen molar-refractivity contribution < 1.29 is 32.6 Å². The minimum Gasteiger partial charge on any atom is -0.490 e. The number of amides is 2. The van der Waals surface area contributed by atoms with Crippen LogP contribution in [-0.2, 0) is 14.8 Å². The number of ether oxygens (including phenoxy) is 2. The van der Waals surface area contributed by atoms with Gasteiger partial charge in [0.1, 0.15) is 5.75 Å². The number of likely N-dealkylation sites (N-methyl/N-ethyl adjacent to an activating group) is 1. The lowest BCUT2D eigenvalue weighted by atomic mass is 10.0. The molecule has 2 amide bonds. The summed E-state index contributed by atoms with van der Waals surface area (Å²) in [4.78, 5) is 32.9. The van der Waals surface area contributed by atoms with Crippen molar-refractivity contribution in [1.29, 1.82) is 0 Å². The summed E-state index contributed by atoms with van der Waals surface area (Å²) in [7, 11) is -2.24. The van der Waals surface area contributed by atoms with Crippen molar-refractivity contribution in [3.63, 3.8) is 0 Å². The highest BCUT2D eigenvalue weighted by molar-refractivity contribution is 7.89. The van der Waals surface area contributed by atoms with Crippen LogP contribution < -0.4 is 10.1 Å². The Hall–Kier alpha value is -3.84. The van der Waals surface area contributed by atoms with Gasteiger partial charge in [-0.25, -0.2) is 8.42 Å². The normalized spacial score (nSPS) is 20.7. The van der Waals surface area contributed by atoms with Crippen LogP contribution in [0.4, 0.5) is 5.69 Å². The fraction of sp³-hybridized carbons (Fsp3) is 0.441. The Morgan fingerprint density at radius 3 is 2.52 bits per heavy atom. The average Bonchev–Trinajstić information content (AvgIpc) is 3.06. The third-order valence-electron chi connectivity index (χ3n) is 8.14. The van der Waals surface area contributed by atoms with E-state index in [0.29, 0.717) is 30.0 Å². The van der Waals surface area contributed by atoms with Crippen molar-refractivity contribution in [2.24, 2.45) is 5.92 Å². The molecule has 4 rings (SSSR count). The highest BCUT2D eigenvalue weighted by Gasteiger charge is 2.32. The predicted octanol–water partition coefficient (Wildman–Crippen LogP) is 4.45. The van der Waals surface area contributed by atoms with Crippen molar-refractivity contribution in [1.82, 2.24) is 14.2 Å². The monoisotopic (exact) mass is 652 g/mol. The summed E-state index contributed by atoms with van der Waals surface area (Å²) < 4.78 is 40.5. The number of carbonyl (C=O) groups is 2. The Bertz CT molecular complexity index is 1560. The first kappa shape index (κ1) is 35.0. The quantitative estimate of drug-likeness (QED) is 0.364. The second kappa shape index (κ2) is 16.1. The molecule has 2 aromatic carbocycles. The standard InChI is InChI=1S/C34H44N4O7S/c1-24-21-38(25(2)23-39)34(41)30-20-28(36-33(40)27-15-17-35-18-16-27)13-14-31(30)45-26(3)10-8-9-19-44-32(24)22-37(4)46(42,43)29-11-6-5-7-12-29/h5-7,11-18,20,24-26,32,39H,8-10,19,21-23H2,1-4H3,(H,36,40)/t24-,25+,26-,32-/m0/s1. The van der Waals surface area contributed by atoms with Gasteiger partial charge < -0.3 is 24.8 Å². The molecule has 248 valence electrons. The fourth-order valence-corrected chi connectivity index (χ4v) is 6.50. The molecule has 0 fully saturated rings. The maximum absolute atomic E-state index is 14.3. The zero-order valence-electron chi connectivity index (χ0n) is 26.8. The van der Waals surface area contributed by atoms with Gasteiger partial charge >= 0.3 is 0 Å². The average molecular weight is 653 g/mol. The Kier molecular flexibility index (Phi) is 12.3. The molecule has 0 bridgehead atoms. The minimum atomic E-state index is -3.77. The van der Waals surface area contributed by atoms with Gasteiger partial charge in [0.15, 0.2) is 0 Å². The highest BCUT2D eigenvalue weighted by Crippen LogP contribution is 2.29. The molecule has 0 unspecified atom stereocenters. The van der Waals surface area contributed by atoms with Crippen LogP contribution in [0, 0.1) is 5.92 Å². The third kappa shape index (κ3) is 8.91. The van der Waals surface area contributed by atoms with Gasteiger partial charge in [-0.2, -0.15) is 4.31 Å². The number of aliphatic hydroxyl groups excluding tert-OH is 1. The number of benzene rings is 2. The Balaban J connectivity index is 1.65. The molecule has 4 atom stereocenters. The summed E-state index contributed by atoms with van der Waals surface area (Å²) in [6.07, 6.45) is 4.55. The molecule has 0 spiro atoms. The predicted molar refractivity (Wildman–Crippen MR) is 175 cm³/mol. The largest absolute Gasteiger partial charge is 0.490 e. The van der Waals surface area contributed by atoms with Crippen LogP contribution in [0.1, 0.15) is 60.7 Å². The molecule has 0 aliphatic carbocycles. The maximum atomic E-state index is 14.3. The number of rotatable bonds is 8. The summed E-state index contributed by atoms with van der Waals surface area (Å²) in [5.74, 6) is -0.682. The second-order valence-electron chi connectivity index (χ2n) is 11.8. The molecule has 1 aromatic heterocycles.